The van der Waals surface area contributed by atoms with Gasteiger partial charge in [-0.05, 0) is 25.0 Å². The third-order valence-corrected chi connectivity index (χ3v) is 4.59. The standard InChI is InChI=1S/C16H20N4O/c21-15-12-7-3-4-8-13(12)17-16-18-14(11-20(15)16)19-9-5-1-2-6-10-19/h3-4,7-8,14H,1-2,5-6,9-11H2,(H,17,18). The number of aromatic nitrogens is 2. The van der Waals surface area contributed by atoms with Gasteiger partial charge in [-0.25, -0.2) is 4.98 Å². The molecule has 110 valence electrons. The summed E-state index contributed by atoms with van der Waals surface area (Å²) in [6.45, 7) is 2.92. The topological polar surface area (TPSA) is 50.2 Å². The molecule has 1 aromatic heterocycles. The van der Waals surface area contributed by atoms with Crippen molar-refractivity contribution in [3.63, 3.8) is 0 Å². The lowest BCUT2D eigenvalue weighted by molar-refractivity contribution is 0.217. The Hall–Kier alpha value is -1.88. The smallest absolute Gasteiger partial charge is 0.262 e. The summed E-state index contributed by atoms with van der Waals surface area (Å²) in [5.41, 5.74) is 0.846. The third kappa shape index (κ3) is 2.21. The Kier molecular flexibility index (Phi) is 3.15. The number of para-hydroxylation sites is 1. The van der Waals surface area contributed by atoms with E-state index in [1.165, 1.54) is 25.7 Å². The lowest BCUT2D eigenvalue weighted by Gasteiger charge is -2.26. The summed E-state index contributed by atoms with van der Waals surface area (Å²) in [6, 6.07) is 7.58. The lowest BCUT2D eigenvalue weighted by atomic mass is 10.2. The monoisotopic (exact) mass is 284 g/mol. The molecule has 2 aromatic rings. The summed E-state index contributed by atoms with van der Waals surface area (Å²) in [5.74, 6) is 0.716. The van der Waals surface area contributed by atoms with Crippen LogP contribution in [0.4, 0.5) is 5.95 Å². The van der Waals surface area contributed by atoms with Gasteiger partial charge in [0.1, 0.15) is 6.17 Å². The van der Waals surface area contributed by atoms with Gasteiger partial charge in [0.05, 0.1) is 17.4 Å². The van der Waals surface area contributed by atoms with Crippen LogP contribution in [0.1, 0.15) is 25.7 Å². The lowest BCUT2D eigenvalue weighted by Crippen LogP contribution is -2.41. The Morgan fingerprint density at radius 3 is 2.67 bits per heavy atom. The Labute approximate surface area is 123 Å². The molecular formula is C16H20N4O. The van der Waals surface area contributed by atoms with Crippen molar-refractivity contribution in [2.24, 2.45) is 0 Å². The Balaban J connectivity index is 1.68. The summed E-state index contributed by atoms with van der Waals surface area (Å²) in [7, 11) is 0. The molecular weight excluding hydrogens is 264 g/mol. The fourth-order valence-electron chi connectivity index (χ4n) is 3.43. The van der Waals surface area contributed by atoms with Crippen molar-refractivity contribution in [2.75, 3.05) is 18.4 Å². The Morgan fingerprint density at radius 2 is 1.86 bits per heavy atom. The first-order chi connectivity index (χ1) is 10.3. The maximum absolute atomic E-state index is 12.6. The molecule has 5 nitrogen and oxygen atoms in total. The highest BCUT2D eigenvalue weighted by atomic mass is 16.1. The van der Waals surface area contributed by atoms with Crippen LogP contribution in [0.15, 0.2) is 29.1 Å². The van der Waals surface area contributed by atoms with E-state index >= 15 is 0 Å². The third-order valence-electron chi connectivity index (χ3n) is 4.59. The van der Waals surface area contributed by atoms with Crippen LogP contribution in [-0.4, -0.2) is 33.7 Å². The van der Waals surface area contributed by atoms with Gasteiger partial charge >= 0.3 is 0 Å². The zero-order valence-electron chi connectivity index (χ0n) is 12.1. The zero-order chi connectivity index (χ0) is 14.2. The van der Waals surface area contributed by atoms with E-state index in [9.17, 15) is 4.79 Å². The molecule has 5 heteroatoms. The summed E-state index contributed by atoms with van der Waals surface area (Å²) in [5, 5.41) is 4.15. The molecule has 2 aliphatic heterocycles. The Bertz CT molecular complexity index is 716. The van der Waals surface area contributed by atoms with Crippen LogP contribution in [0.25, 0.3) is 10.9 Å². The molecule has 1 atom stereocenters. The van der Waals surface area contributed by atoms with Crippen molar-refractivity contribution in [3.05, 3.63) is 34.6 Å². The summed E-state index contributed by atoms with van der Waals surface area (Å²) in [4.78, 5) is 19.7. The molecule has 1 unspecified atom stereocenters. The van der Waals surface area contributed by atoms with Crippen molar-refractivity contribution in [1.82, 2.24) is 14.5 Å². The molecule has 0 spiro atoms. The van der Waals surface area contributed by atoms with Crippen molar-refractivity contribution in [2.45, 2.75) is 38.4 Å². The van der Waals surface area contributed by atoms with Crippen LogP contribution in [-0.2, 0) is 6.54 Å². The average Bonchev–Trinajstić information content (AvgIpc) is 2.75. The highest BCUT2D eigenvalue weighted by molar-refractivity contribution is 5.78. The SMILES string of the molecule is O=c1c2ccccc2nc2n1CC(N1CCCCCC1)N2. The molecule has 4 rings (SSSR count). The largest absolute Gasteiger partial charge is 0.338 e. The summed E-state index contributed by atoms with van der Waals surface area (Å²) < 4.78 is 1.79. The highest BCUT2D eigenvalue weighted by Crippen LogP contribution is 2.21. The normalized spacial score (nSPS) is 22.8. The molecule has 2 aliphatic rings. The van der Waals surface area contributed by atoms with Crippen LogP contribution < -0.4 is 10.9 Å². The maximum Gasteiger partial charge on any atom is 0.262 e. The number of nitrogens with one attached hydrogen (secondary N) is 1. The molecule has 0 saturated carbocycles. The zero-order valence-corrected chi connectivity index (χ0v) is 12.1. The molecule has 1 fully saturated rings. The number of fused-ring (bicyclic) bond motifs is 2. The molecule has 0 bridgehead atoms. The number of nitrogens with zero attached hydrogens (tertiary/aromatic N) is 3. The van der Waals surface area contributed by atoms with E-state index in [0.29, 0.717) is 17.9 Å². The van der Waals surface area contributed by atoms with Crippen molar-refractivity contribution in [3.8, 4) is 0 Å². The molecule has 3 heterocycles. The second-order valence-corrected chi connectivity index (χ2v) is 5.98. The first-order valence-corrected chi connectivity index (χ1v) is 7.83. The second kappa shape index (κ2) is 5.15. The van der Waals surface area contributed by atoms with E-state index in [0.717, 1.165) is 18.6 Å². The van der Waals surface area contributed by atoms with Crippen molar-refractivity contribution >= 4 is 16.9 Å². The van der Waals surface area contributed by atoms with Gasteiger partial charge in [-0.1, -0.05) is 25.0 Å². The van der Waals surface area contributed by atoms with Gasteiger partial charge in [-0.15, -0.1) is 0 Å². The van der Waals surface area contributed by atoms with Crippen LogP contribution in [0.3, 0.4) is 0 Å². The van der Waals surface area contributed by atoms with E-state index in [1.807, 2.05) is 24.3 Å². The van der Waals surface area contributed by atoms with Gasteiger partial charge in [0, 0.05) is 13.1 Å². The second-order valence-electron chi connectivity index (χ2n) is 5.98. The van der Waals surface area contributed by atoms with E-state index in [-0.39, 0.29) is 11.7 Å². The fraction of sp³-hybridized carbons (Fsp3) is 0.500. The number of likely N-dealkylation sites (tertiary alicyclic amines) is 1. The number of anilines is 1. The fourth-order valence-corrected chi connectivity index (χ4v) is 3.43. The molecule has 0 radical (unpaired) electrons. The summed E-state index contributed by atoms with van der Waals surface area (Å²) >= 11 is 0. The Morgan fingerprint density at radius 1 is 1.10 bits per heavy atom. The number of hydrogen-bond donors (Lipinski definition) is 1. The predicted molar refractivity (Wildman–Crippen MR) is 83.5 cm³/mol. The number of benzene rings is 1. The van der Waals surface area contributed by atoms with Gasteiger partial charge in [-0.2, -0.15) is 0 Å². The number of rotatable bonds is 1. The maximum atomic E-state index is 12.6. The van der Waals surface area contributed by atoms with Crippen molar-refractivity contribution in [1.29, 1.82) is 0 Å². The highest BCUT2D eigenvalue weighted by Gasteiger charge is 2.28. The van der Waals surface area contributed by atoms with Gasteiger partial charge in [0.2, 0.25) is 5.95 Å². The van der Waals surface area contributed by atoms with Crippen LogP contribution in [0.5, 0.6) is 0 Å². The van der Waals surface area contributed by atoms with E-state index in [2.05, 4.69) is 15.2 Å². The van der Waals surface area contributed by atoms with Gasteiger partial charge in [0.15, 0.2) is 0 Å². The minimum atomic E-state index is 0.0698. The van der Waals surface area contributed by atoms with Crippen LogP contribution in [0.2, 0.25) is 0 Å². The van der Waals surface area contributed by atoms with Gasteiger partial charge in [0.25, 0.3) is 5.56 Å². The van der Waals surface area contributed by atoms with E-state index in [4.69, 9.17) is 0 Å². The first-order valence-electron chi connectivity index (χ1n) is 7.83. The molecule has 21 heavy (non-hydrogen) atoms. The minimum Gasteiger partial charge on any atom is -0.338 e. The average molecular weight is 284 g/mol. The molecule has 1 saturated heterocycles. The molecule has 1 N–H and O–H groups in total. The van der Waals surface area contributed by atoms with E-state index in [1.54, 1.807) is 4.57 Å². The summed E-state index contributed by atoms with van der Waals surface area (Å²) in [6.07, 6.45) is 5.34. The molecule has 0 amide bonds. The predicted octanol–water partition coefficient (Wildman–Crippen LogP) is 2.02. The van der Waals surface area contributed by atoms with Crippen molar-refractivity contribution < 1.29 is 0 Å². The molecule has 1 aromatic carbocycles. The van der Waals surface area contributed by atoms with Gasteiger partial charge < -0.3 is 5.32 Å². The van der Waals surface area contributed by atoms with Gasteiger partial charge in [-0.3, -0.25) is 14.3 Å². The molecule has 0 aliphatic carbocycles. The number of hydrogen-bond acceptors (Lipinski definition) is 4. The van der Waals surface area contributed by atoms with Crippen LogP contribution >= 0.6 is 0 Å². The van der Waals surface area contributed by atoms with Crippen LogP contribution in [0, 0.1) is 0 Å². The quantitative estimate of drug-likeness (QED) is 0.870. The minimum absolute atomic E-state index is 0.0698. The van der Waals surface area contributed by atoms with E-state index < -0.39 is 0 Å². The first kappa shape index (κ1) is 12.8.